The SMILES string of the molecule is Cc1cc(C(=O)N[C@H](C)Cc2cncs2)c2cccc(C)c2n1. The van der Waals surface area contributed by atoms with Gasteiger partial charge in [-0.25, -0.2) is 0 Å². The minimum atomic E-state index is -0.0527. The first-order valence-electron chi connectivity index (χ1n) is 7.60. The molecule has 0 radical (unpaired) electrons. The number of fused-ring (bicyclic) bond motifs is 1. The molecule has 118 valence electrons. The van der Waals surface area contributed by atoms with Gasteiger partial charge in [-0.1, -0.05) is 18.2 Å². The fourth-order valence-electron chi connectivity index (χ4n) is 2.71. The van der Waals surface area contributed by atoms with Crippen molar-refractivity contribution < 1.29 is 4.79 Å². The number of rotatable bonds is 4. The fourth-order valence-corrected chi connectivity index (χ4v) is 3.43. The molecule has 0 unspecified atom stereocenters. The number of benzene rings is 1. The van der Waals surface area contributed by atoms with Crippen molar-refractivity contribution in [3.63, 3.8) is 0 Å². The van der Waals surface area contributed by atoms with Gasteiger partial charge in [-0.3, -0.25) is 14.8 Å². The largest absolute Gasteiger partial charge is 0.349 e. The van der Waals surface area contributed by atoms with E-state index in [-0.39, 0.29) is 11.9 Å². The Bertz CT molecular complexity index is 843. The van der Waals surface area contributed by atoms with E-state index in [9.17, 15) is 4.79 Å². The third kappa shape index (κ3) is 3.40. The molecule has 3 aromatic rings. The van der Waals surface area contributed by atoms with E-state index in [0.29, 0.717) is 5.56 Å². The Labute approximate surface area is 139 Å². The van der Waals surface area contributed by atoms with Gasteiger partial charge in [0, 0.05) is 34.6 Å². The van der Waals surface area contributed by atoms with Crippen molar-refractivity contribution in [2.24, 2.45) is 0 Å². The van der Waals surface area contributed by atoms with Crippen LogP contribution in [0.2, 0.25) is 0 Å². The Morgan fingerprint density at radius 1 is 1.35 bits per heavy atom. The van der Waals surface area contributed by atoms with Crippen molar-refractivity contribution in [1.82, 2.24) is 15.3 Å². The van der Waals surface area contributed by atoms with Crippen LogP contribution in [0.5, 0.6) is 0 Å². The molecule has 3 rings (SSSR count). The smallest absolute Gasteiger partial charge is 0.252 e. The molecule has 0 aliphatic heterocycles. The lowest BCUT2D eigenvalue weighted by molar-refractivity contribution is 0.0941. The van der Waals surface area contributed by atoms with Crippen LogP contribution in [-0.4, -0.2) is 21.9 Å². The molecule has 0 aliphatic carbocycles. The average Bonchev–Trinajstić information content (AvgIpc) is 3.00. The van der Waals surface area contributed by atoms with E-state index in [2.05, 4.69) is 15.3 Å². The lowest BCUT2D eigenvalue weighted by Gasteiger charge is -2.15. The molecule has 0 bridgehead atoms. The van der Waals surface area contributed by atoms with Gasteiger partial charge in [0.2, 0.25) is 0 Å². The molecule has 0 aliphatic rings. The second-order valence-electron chi connectivity index (χ2n) is 5.83. The van der Waals surface area contributed by atoms with Gasteiger partial charge in [0.1, 0.15) is 0 Å². The number of carbonyl (C=O) groups excluding carboxylic acids is 1. The minimum Gasteiger partial charge on any atom is -0.349 e. The molecule has 0 fully saturated rings. The summed E-state index contributed by atoms with van der Waals surface area (Å²) in [6, 6.07) is 7.85. The predicted octanol–water partition coefficient (Wildman–Crippen LogP) is 3.67. The maximum Gasteiger partial charge on any atom is 0.252 e. The van der Waals surface area contributed by atoms with Gasteiger partial charge in [0.05, 0.1) is 16.6 Å². The molecule has 1 N–H and O–H groups in total. The van der Waals surface area contributed by atoms with E-state index < -0.39 is 0 Å². The van der Waals surface area contributed by atoms with E-state index >= 15 is 0 Å². The Morgan fingerprint density at radius 2 is 2.17 bits per heavy atom. The molecule has 1 atom stereocenters. The van der Waals surface area contributed by atoms with Crippen molar-refractivity contribution in [2.45, 2.75) is 33.2 Å². The highest BCUT2D eigenvalue weighted by Gasteiger charge is 2.15. The van der Waals surface area contributed by atoms with Crippen LogP contribution in [0.4, 0.5) is 0 Å². The van der Waals surface area contributed by atoms with Gasteiger partial charge in [0.25, 0.3) is 5.91 Å². The van der Waals surface area contributed by atoms with Gasteiger partial charge in [-0.2, -0.15) is 0 Å². The summed E-state index contributed by atoms with van der Waals surface area (Å²) < 4.78 is 0. The van der Waals surface area contributed by atoms with Crippen LogP contribution in [0.15, 0.2) is 36.0 Å². The summed E-state index contributed by atoms with van der Waals surface area (Å²) in [5, 5.41) is 3.99. The highest BCUT2D eigenvalue weighted by Crippen LogP contribution is 2.21. The first-order chi connectivity index (χ1) is 11.0. The summed E-state index contributed by atoms with van der Waals surface area (Å²) in [7, 11) is 0. The number of aryl methyl sites for hydroxylation is 2. The number of amides is 1. The Hall–Kier alpha value is -2.27. The summed E-state index contributed by atoms with van der Waals surface area (Å²) in [6.45, 7) is 5.95. The van der Waals surface area contributed by atoms with Gasteiger partial charge in [-0.15, -0.1) is 11.3 Å². The number of aromatic nitrogens is 2. The highest BCUT2D eigenvalue weighted by atomic mass is 32.1. The standard InChI is InChI=1S/C18H19N3OS/c1-11-5-4-6-15-16(8-13(3)20-17(11)15)18(22)21-12(2)7-14-9-19-10-23-14/h4-6,8-10,12H,7H2,1-3H3,(H,21,22)/t12-/m1/s1. The zero-order chi connectivity index (χ0) is 16.4. The van der Waals surface area contributed by atoms with E-state index in [4.69, 9.17) is 0 Å². The molecule has 0 saturated heterocycles. The van der Waals surface area contributed by atoms with Crippen LogP contribution in [-0.2, 0) is 6.42 Å². The Morgan fingerprint density at radius 3 is 2.91 bits per heavy atom. The molecule has 1 aromatic carbocycles. The summed E-state index contributed by atoms with van der Waals surface area (Å²) in [5.74, 6) is -0.0527. The number of carbonyl (C=O) groups is 1. The summed E-state index contributed by atoms with van der Waals surface area (Å²) in [5.41, 5.74) is 5.33. The number of pyridine rings is 1. The van der Waals surface area contributed by atoms with Gasteiger partial charge in [-0.05, 0) is 32.4 Å². The monoisotopic (exact) mass is 325 g/mol. The fraction of sp³-hybridized carbons (Fsp3) is 0.278. The second kappa shape index (κ2) is 6.46. The number of para-hydroxylation sites is 1. The van der Waals surface area contributed by atoms with Crippen LogP contribution in [0, 0.1) is 13.8 Å². The van der Waals surface area contributed by atoms with Gasteiger partial charge in [0.15, 0.2) is 0 Å². The number of thiazole rings is 1. The van der Waals surface area contributed by atoms with Crippen LogP contribution in [0.25, 0.3) is 10.9 Å². The summed E-state index contributed by atoms with van der Waals surface area (Å²) in [4.78, 5) is 22.5. The topological polar surface area (TPSA) is 54.9 Å². The first-order valence-corrected chi connectivity index (χ1v) is 8.48. The zero-order valence-electron chi connectivity index (χ0n) is 13.5. The van der Waals surface area contributed by atoms with Crippen LogP contribution in [0.3, 0.4) is 0 Å². The molecule has 0 spiro atoms. The molecular weight excluding hydrogens is 306 g/mol. The molecule has 5 heteroatoms. The second-order valence-corrected chi connectivity index (χ2v) is 6.80. The highest BCUT2D eigenvalue weighted by molar-refractivity contribution is 7.09. The number of hydrogen-bond donors (Lipinski definition) is 1. The van der Waals surface area contributed by atoms with Crippen molar-refractivity contribution in [1.29, 1.82) is 0 Å². The van der Waals surface area contributed by atoms with Gasteiger partial charge >= 0.3 is 0 Å². The zero-order valence-corrected chi connectivity index (χ0v) is 14.3. The van der Waals surface area contributed by atoms with Crippen LogP contribution >= 0.6 is 11.3 Å². The number of hydrogen-bond acceptors (Lipinski definition) is 4. The van der Waals surface area contributed by atoms with E-state index in [1.807, 2.05) is 56.7 Å². The van der Waals surface area contributed by atoms with Crippen molar-refractivity contribution in [3.05, 3.63) is 57.7 Å². The van der Waals surface area contributed by atoms with Crippen LogP contribution in [0.1, 0.15) is 33.4 Å². The van der Waals surface area contributed by atoms with Crippen molar-refractivity contribution >= 4 is 28.1 Å². The Kier molecular flexibility index (Phi) is 4.39. The molecule has 2 heterocycles. The van der Waals surface area contributed by atoms with E-state index in [0.717, 1.165) is 28.6 Å². The molecule has 23 heavy (non-hydrogen) atoms. The molecule has 0 saturated carbocycles. The number of nitrogens with one attached hydrogen (secondary N) is 1. The summed E-state index contributed by atoms with van der Waals surface area (Å²) >= 11 is 1.61. The maximum absolute atomic E-state index is 12.7. The maximum atomic E-state index is 12.7. The van der Waals surface area contributed by atoms with Crippen molar-refractivity contribution in [3.8, 4) is 0 Å². The molecule has 2 aromatic heterocycles. The minimum absolute atomic E-state index is 0.0521. The average molecular weight is 325 g/mol. The lowest BCUT2D eigenvalue weighted by Crippen LogP contribution is -2.34. The predicted molar refractivity (Wildman–Crippen MR) is 94.0 cm³/mol. The van der Waals surface area contributed by atoms with E-state index in [1.165, 1.54) is 4.88 Å². The van der Waals surface area contributed by atoms with Crippen molar-refractivity contribution in [2.75, 3.05) is 0 Å². The third-order valence-electron chi connectivity index (χ3n) is 3.78. The molecular formula is C18H19N3OS. The molecule has 1 amide bonds. The Balaban J connectivity index is 1.87. The normalized spacial score (nSPS) is 12.3. The lowest BCUT2D eigenvalue weighted by atomic mass is 10.0. The van der Waals surface area contributed by atoms with E-state index in [1.54, 1.807) is 11.3 Å². The quantitative estimate of drug-likeness (QED) is 0.796. The molecule has 4 nitrogen and oxygen atoms in total. The third-order valence-corrected chi connectivity index (χ3v) is 4.58. The summed E-state index contributed by atoms with van der Waals surface area (Å²) in [6.07, 6.45) is 2.64. The number of nitrogens with zero attached hydrogens (tertiary/aromatic N) is 2. The van der Waals surface area contributed by atoms with Crippen LogP contribution < -0.4 is 5.32 Å². The first kappa shape index (κ1) is 15.6. The van der Waals surface area contributed by atoms with Gasteiger partial charge < -0.3 is 5.32 Å².